The summed E-state index contributed by atoms with van der Waals surface area (Å²) >= 11 is 12.8. The van der Waals surface area contributed by atoms with Gasteiger partial charge >= 0.3 is 0 Å². The third-order valence-electron chi connectivity index (χ3n) is 5.34. The normalized spacial score (nSPS) is 12.2. The first-order valence-corrected chi connectivity index (χ1v) is 11.8. The van der Waals surface area contributed by atoms with Crippen molar-refractivity contribution >= 4 is 34.7 Å². The van der Waals surface area contributed by atoms with E-state index < -0.39 is 0 Å². The average Bonchev–Trinajstić information content (AvgIpc) is 3.18. The van der Waals surface area contributed by atoms with Gasteiger partial charge in [-0.1, -0.05) is 65.7 Å². The Kier molecular flexibility index (Phi) is 8.19. The van der Waals surface area contributed by atoms with Crippen molar-refractivity contribution in [3.05, 3.63) is 100.0 Å². The molecule has 0 radical (unpaired) electrons. The first-order chi connectivity index (χ1) is 16.2. The lowest BCUT2D eigenvalue weighted by molar-refractivity contribution is 0.0939. The van der Waals surface area contributed by atoms with Gasteiger partial charge in [0.05, 0.1) is 11.4 Å². The van der Waals surface area contributed by atoms with Crippen LogP contribution in [0.25, 0.3) is 22.5 Å². The molecule has 0 aliphatic rings. The molecule has 1 amide bonds. The highest BCUT2D eigenvalue weighted by Crippen LogP contribution is 2.35. The maximum atomic E-state index is 13.4. The van der Waals surface area contributed by atoms with Gasteiger partial charge in [0.25, 0.3) is 5.91 Å². The monoisotopic (exact) mass is 493 g/mol. The SMILES string of the molecule is C=C/C(=C\C(C)=C/C)c1nc(C(=O)NC(C)C)c(-c2cccc(Cl)c2)n1-c1cc(Cl)ccc1C. The van der Waals surface area contributed by atoms with Crippen molar-refractivity contribution in [3.8, 4) is 16.9 Å². The van der Waals surface area contributed by atoms with Crippen molar-refractivity contribution in [2.75, 3.05) is 0 Å². The van der Waals surface area contributed by atoms with Crippen LogP contribution < -0.4 is 5.32 Å². The van der Waals surface area contributed by atoms with Gasteiger partial charge in [0.2, 0.25) is 0 Å². The maximum absolute atomic E-state index is 13.4. The van der Waals surface area contributed by atoms with Crippen molar-refractivity contribution in [3.63, 3.8) is 0 Å². The minimum atomic E-state index is -0.268. The second kappa shape index (κ2) is 10.9. The predicted molar refractivity (Wildman–Crippen MR) is 144 cm³/mol. The molecule has 1 heterocycles. The molecule has 0 saturated heterocycles. The van der Waals surface area contributed by atoms with Crippen LogP contribution in [0.5, 0.6) is 0 Å². The summed E-state index contributed by atoms with van der Waals surface area (Å²) in [5.74, 6) is 0.321. The Balaban J connectivity index is 2.51. The lowest BCUT2D eigenvalue weighted by Gasteiger charge is -2.17. The molecule has 0 bridgehead atoms. The number of carbonyl (C=O) groups is 1. The van der Waals surface area contributed by atoms with Crippen LogP contribution in [0.2, 0.25) is 10.0 Å². The van der Waals surface area contributed by atoms with E-state index in [1.165, 1.54) is 0 Å². The number of benzene rings is 2. The maximum Gasteiger partial charge on any atom is 0.272 e. The molecule has 0 atom stereocenters. The molecule has 0 aliphatic carbocycles. The topological polar surface area (TPSA) is 46.9 Å². The molecule has 0 spiro atoms. The van der Waals surface area contributed by atoms with E-state index in [1.807, 2.05) is 87.7 Å². The van der Waals surface area contributed by atoms with Crippen molar-refractivity contribution in [1.82, 2.24) is 14.9 Å². The van der Waals surface area contributed by atoms with Crippen molar-refractivity contribution < 1.29 is 4.79 Å². The van der Waals surface area contributed by atoms with Gasteiger partial charge in [-0.25, -0.2) is 4.98 Å². The summed E-state index contributed by atoms with van der Waals surface area (Å²) in [6.07, 6.45) is 5.75. The quantitative estimate of drug-likeness (QED) is 0.340. The molecule has 6 heteroatoms. The van der Waals surface area contributed by atoms with Gasteiger partial charge in [-0.05, 0) is 70.5 Å². The molecular weight excluding hydrogens is 465 g/mol. The standard InChI is InChI=1S/C28H29Cl2N3O/c1-7-18(5)14-20(8-2)27-32-25(28(34)31-17(3)4)26(21-10-9-11-22(29)15-21)33(27)24-16-23(30)13-12-19(24)6/h7-17H,2H2,1,3-6H3,(H,31,34)/b18-7-,20-14+. The summed E-state index contributed by atoms with van der Waals surface area (Å²) in [7, 11) is 0. The molecule has 3 rings (SSSR count). The Labute approximate surface area is 211 Å². The van der Waals surface area contributed by atoms with Gasteiger partial charge in [0, 0.05) is 27.2 Å². The number of amides is 1. The summed E-state index contributed by atoms with van der Waals surface area (Å²) in [5.41, 5.74) is 5.33. The highest BCUT2D eigenvalue weighted by Gasteiger charge is 2.27. The van der Waals surface area contributed by atoms with Gasteiger partial charge in [0.1, 0.15) is 5.82 Å². The predicted octanol–water partition coefficient (Wildman–Crippen LogP) is 7.83. The number of imidazole rings is 1. The summed E-state index contributed by atoms with van der Waals surface area (Å²) < 4.78 is 1.97. The summed E-state index contributed by atoms with van der Waals surface area (Å²) in [5, 5.41) is 4.13. The summed E-state index contributed by atoms with van der Waals surface area (Å²) in [6, 6.07) is 13.0. The fraction of sp³-hybridized carbons (Fsp3) is 0.214. The molecule has 0 aliphatic heterocycles. The van der Waals surface area contributed by atoms with Gasteiger partial charge in [-0.3, -0.25) is 9.36 Å². The van der Waals surface area contributed by atoms with E-state index in [0.29, 0.717) is 27.3 Å². The molecule has 1 aromatic heterocycles. The number of rotatable bonds is 7. The van der Waals surface area contributed by atoms with Crippen LogP contribution in [0, 0.1) is 6.92 Å². The number of aryl methyl sites for hydroxylation is 1. The van der Waals surface area contributed by atoms with Crippen LogP contribution in [0.3, 0.4) is 0 Å². The van der Waals surface area contributed by atoms with Crippen LogP contribution in [0.1, 0.15) is 49.6 Å². The van der Waals surface area contributed by atoms with Crippen LogP contribution in [-0.2, 0) is 0 Å². The molecule has 1 N–H and O–H groups in total. The van der Waals surface area contributed by atoms with Crippen molar-refractivity contribution in [1.29, 1.82) is 0 Å². The second-order valence-corrected chi connectivity index (χ2v) is 9.25. The largest absolute Gasteiger partial charge is 0.348 e. The van der Waals surface area contributed by atoms with Gasteiger partial charge < -0.3 is 5.32 Å². The Hall–Kier alpha value is -3.08. The van der Waals surface area contributed by atoms with Crippen molar-refractivity contribution in [2.24, 2.45) is 0 Å². The summed E-state index contributed by atoms with van der Waals surface area (Å²) in [4.78, 5) is 18.2. The minimum Gasteiger partial charge on any atom is -0.348 e. The van der Waals surface area contributed by atoms with Crippen LogP contribution in [-0.4, -0.2) is 21.5 Å². The van der Waals surface area contributed by atoms with E-state index in [4.69, 9.17) is 28.2 Å². The zero-order chi connectivity index (χ0) is 25.0. The number of halogens is 2. The zero-order valence-electron chi connectivity index (χ0n) is 20.1. The van der Waals surface area contributed by atoms with E-state index in [2.05, 4.69) is 11.9 Å². The van der Waals surface area contributed by atoms with E-state index in [1.54, 1.807) is 12.1 Å². The second-order valence-electron chi connectivity index (χ2n) is 8.37. The molecule has 0 saturated carbocycles. The minimum absolute atomic E-state index is 0.0547. The highest BCUT2D eigenvalue weighted by molar-refractivity contribution is 6.31. The van der Waals surface area contributed by atoms with Gasteiger partial charge in [0.15, 0.2) is 5.69 Å². The molecular formula is C28H29Cl2N3O. The zero-order valence-corrected chi connectivity index (χ0v) is 21.6. The Morgan fingerprint density at radius 1 is 1.15 bits per heavy atom. The first-order valence-electron chi connectivity index (χ1n) is 11.1. The molecule has 0 unspecified atom stereocenters. The van der Waals surface area contributed by atoms with E-state index in [9.17, 15) is 4.79 Å². The molecule has 176 valence electrons. The third-order valence-corrected chi connectivity index (χ3v) is 5.81. The van der Waals surface area contributed by atoms with Crippen molar-refractivity contribution in [2.45, 2.75) is 40.7 Å². The number of nitrogens with one attached hydrogen (secondary N) is 1. The third kappa shape index (κ3) is 5.52. The number of hydrogen-bond acceptors (Lipinski definition) is 2. The molecule has 4 nitrogen and oxygen atoms in total. The van der Waals surface area contributed by atoms with Crippen LogP contribution >= 0.6 is 23.2 Å². The number of aromatic nitrogens is 2. The Morgan fingerprint density at radius 2 is 1.85 bits per heavy atom. The fourth-order valence-electron chi connectivity index (χ4n) is 3.61. The van der Waals surface area contributed by atoms with Gasteiger partial charge in [-0.2, -0.15) is 0 Å². The number of hydrogen-bond donors (Lipinski definition) is 1. The van der Waals surface area contributed by atoms with Crippen LogP contribution in [0.4, 0.5) is 0 Å². The number of carbonyl (C=O) groups excluding carboxylic acids is 1. The Bertz CT molecular complexity index is 1300. The molecule has 0 fully saturated rings. The number of nitrogens with zero attached hydrogens (tertiary/aromatic N) is 2. The lowest BCUT2D eigenvalue weighted by atomic mass is 10.1. The lowest BCUT2D eigenvalue weighted by Crippen LogP contribution is -2.30. The molecule has 2 aromatic carbocycles. The molecule has 3 aromatic rings. The summed E-state index contributed by atoms with van der Waals surface area (Å²) in [6.45, 7) is 13.8. The van der Waals surface area contributed by atoms with Crippen LogP contribution in [0.15, 0.2) is 72.8 Å². The van der Waals surface area contributed by atoms with E-state index in [-0.39, 0.29) is 11.9 Å². The first kappa shape index (κ1) is 25.5. The van der Waals surface area contributed by atoms with E-state index >= 15 is 0 Å². The highest BCUT2D eigenvalue weighted by atomic mass is 35.5. The number of allylic oxidation sites excluding steroid dienone is 5. The van der Waals surface area contributed by atoms with E-state index in [0.717, 1.165) is 28.0 Å². The van der Waals surface area contributed by atoms with Gasteiger partial charge in [-0.15, -0.1) is 0 Å². The average molecular weight is 494 g/mol. The fourth-order valence-corrected chi connectivity index (χ4v) is 3.96. The smallest absolute Gasteiger partial charge is 0.272 e. The Morgan fingerprint density at radius 3 is 2.47 bits per heavy atom. The molecule has 34 heavy (non-hydrogen) atoms.